The minimum absolute atomic E-state index is 0.179. The van der Waals surface area contributed by atoms with Crippen LogP contribution in [0.4, 0.5) is 0 Å². The first-order valence-electron chi connectivity index (χ1n) is 10.5. The number of Topliss-reactive ketones (excluding diaryl/α,β-unsaturated/α-hetero) is 1. The van der Waals surface area contributed by atoms with Crippen LogP contribution in [0.25, 0.3) is 0 Å². The van der Waals surface area contributed by atoms with Crippen molar-refractivity contribution in [1.29, 1.82) is 0 Å². The highest BCUT2D eigenvalue weighted by Gasteiger charge is 2.58. The second-order valence-corrected chi connectivity index (χ2v) is 9.99. The molecule has 6 atom stereocenters. The average molecular weight is 354 g/mol. The molecule has 4 aliphatic carbocycles. The molecule has 0 aromatic heterocycles. The summed E-state index contributed by atoms with van der Waals surface area (Å²) in [6.45, 7) is 5.40. The molecule has 3 fully saturated rings. The Morgan fingerprint density at radius 2 is 1.92 bits per heavy atom. The topological polar surface area (TPSA) is 43.4 Å². The van der Waals surface area contributed by atoms with E-state index < -0.39 is 0 Å². The second-order valence-electron chi connectivity index (χ2n) is 9.99. The number of cyclic esters (lactones) is 1. The second kappa shape index (κ2) is 5.56. The Balaban J connectivity index is 1.43. The third-order valence-corrected chi connectivity index (χ3v) is 9.07. The summed E-state index contributed by atoms with van der Waals surface area (Å²) in [5, 5.41) is 0. The Kier molecular flexibility index (Phi) is 3.59. The van der Waals surface area contributed by atoms with Gasteiger partial charge >= 0.3 is 5.97 Å². The van der Waals surface area contributed by atoms with Crippen LogP contribution in [0.1, 0.15) is 65.2 Å². The van der Waals surface area contributed by atoms with E-state index in [0.29, 0.717) is 29.6 Å². The molecule has 0 amide bonds. The number of ether oxygens (including phenoxy) is 1. The summed E-state index contributed by atoms with van der Waals surface area (Å²) in [5.41, 5.74) is 3.10. The van der Waals surface area contributed by atoms with E-state index in [1.54, 1.807) is 6.08 Å². The minimum Gasteiger partial charge on any atom is -0.458 e. The van der Waals surface area contributed by atoms with Gasteiger partial charge < -0.3 is 4.74 Å². The molecule has 5 rings (SSSR count). The summed E-state index contributed by atoms with van der Waals surface area (Å²) < 4.78 is 5.20. The van der Waals surface area contributed by atoms with Crippen molar-refractivity contribution in [2.75, 3.05) is 6.61 Å². The zero-order valence-electron chi connectivity index (χ0n) is 16.1. The molecule has 3 nitrogen and oxygen atoms in total. The van der Waals surface area contributed by atoms with Gasteiger partial charge in [-0.25, -0.2) is 4.79 Å². The predicted molar refractivity (Wildman–Crippen MR) is 99.2 cm³/mol. The summed E-state index contributed by atoms with van der Waals surface area (Å²) in [5.74, 6) is 3.18. The van der Waals surface area contributed by atoms with Gasteiger partial charge in [-0.1, -0.05) is 19.9 Å². The molecule has 0 spiro atoms. The molecule has 140 valence electrons. The number of hydrogen-bond acceptors (Lipinski definition) is 3. The maximum absolute atomic E-state index is 12.0. The lowest BCUT2D eigenvalue weighted by atomic mass is 9.44. The van der Waals surface area contributed by atoms with Crippen molar-refractivity contribution in [3.8, 4) is 0 Å². The summed E-state index contributed by atoms with van der Waals surface area (Å²) >= 11 is 0. The quantitative estimate of drug-likeness (QED) is 0.646. The van der Waals surface area contributed by atoms with E-state index in [4.69, 9.17) is 4.74 Å². The van der Waals surface area contributed by atoms with Gasteiger partial charge in [0, 0.05) is 24.5 Å². The van der Waals surface area contributed by atoms with Crippen molar-refractivity contribution >= 4 is 11.8 Å². The fourth-order valence-corrected chi connectivity index (χ4v) is 7.64. The Labute approximate surface area is 156 Å². The maximum Gasteiger partial charge on any atom is 0.331 e. The van der Waals surface area contributed by atoms with E-state index >= 15 is 0 Å². The molecule has 0 radical (unpaired) electrons. The van der Waals surface area contributed by atoms with Gasteiger partial charge in [0.15, 0.2) is 0 Å². The summed E-state index contributed by atoms with van der Waals surface area (Å²) in [7, 11) is 0. The molecular formula is C23H30O3. The number of esters is 1. The smallest absolute Gasteiger partial charge is 0.331 e. The molecule has 5 aliphatic rings. The van der Waals surface area contributed by atoms with E-state index in [9.17, 15) is 9.59 Å². The maximum atomic E-state index is 12.0. The number of allylic oxidation sites excluding steroid dienone is 1. The molecule has 0 N–H and O–H groups in total. The van der Waals surface area contributed by atoms with Crippen molar-refractivity contribution in [3.05, 3.63) is 23.3 Å². The molecule has 26 heavy (non-hydrogen) atoms. The highest BCUT2D eigenvalue weighted by molar-refractivity contribution is 5.86. The number of carbonyl (C=O) groups excluding carboxylic acids is 2. The zero-order chi connectivity index (χ0) is 18.1. The van der Waals surface area contributed by atoms with Crippen LogP contribution in [0.15, 0.2) is 23.3 Å². The van der Waals surface area contributed by atoms with Gasteiger partial charge in [-0.05, 0) is 78.6 Å². The van der Waals surface area contributed by atoms with Crippen LogP contribution in [0.5, 0.6) is 0 Å². The molecule has 0 saturated heterocycles. The van der Waals surface area contributed by atoms with Crippen molar-refractivity contribution in [2.45, 2.75) is 65.2 Å². The standard InChI is InChI=1S/C23H30O3/c1-22-9-7-16(24)12-15(22)3-4-17-19-6-5-18(14-11-21(25)26-13-14)23(19,2)10-8-20(17)22/h5,11,15,17,19-20H,3-4,6-10,12-13H2,1-2H3/t15-,17+,19?,20+,22+,23-/m1/s1. The Hall–Kier alpha value is -1.38. The summed E-state index contributed by atoms with van der Waals surface area (Å²) in [6, 6.07) is 0. The van der Waals surface area contributed by atoms with Gasteiger partial charge in [0.25, 0.3) is 0 Å². The molecule has 1 heterocycles. The molecule has 3 heteroatoms. The normalized spacial score (nSPS) is 47.5. The van der Waals surface area contributed by atoms with E-state index in [1.165, 1.54) is 31.3 Å². The molecule has 1 unspecified atom stereocenters. The molecule has 0 bridgehead atoms. The fourth-order valence-electron chi connectivity index (χ4n) is 7.64. The van der Waals surface area contributed by atoms with Crippen LogP contribution >= 0.6 is 0 Å². The minimum atomic E-state index is -0.179. The van der Waals surface area contributed by atoms with Crippen LogP contribution in [-0.2, 0) is 14.3 Å². The molecule has 0 aromatic rings. The highest BCUT2D eigenvalue weighted by atomic mass is 16.5. The van der Waals surface area contributed by atoms with Crippen LogP contribution < -0.4 is 0 Å². The Morgan fingerprint density at radius 3 is 2.69 bits per heavy atom. The van der Waals surface area contributed by atoms with Crippen molar-refractivity contribution in [2.24, 2.45) is 34.5 Å². The first kappa shape index (κ1) is 16.8. The Morgan fingerprint density at radius 1 is 1.08 bits per heavy atom. The number of hydrogen-bond donors (Lipinski definition) is 0. The van der Waals surface area contributed by atoms with Gasteiger partial charge in [-0.3, -0.25) is 4.79 Å². The molecule has 0 aromatic carbocycles. The van der Waals surface area contributed by atoms with Crippen LogP contribution in [0.3, 0.4) is 0 Å². The third kappa shape index (κ3) is 2.18. The van der Waals surface area contributed by atoms with Gasteiger partial charge in [0.05, 0.1) is 0 Å². The molecular weight excluding hydrogens is 324 g/mol. The van der Waals surface area contributed by atoms with E-state index in [-0.39, 0.29) is 11.4 Å². The number of fused-ring (bicyclic) bond motifs is 5. The predicted octanol–water partition coefficient (Wildman–Crippen LogP) is 4.62. The van der Waals surface area contributed by atoms with E-state index in [1.807, 2.05) is 0 Å². The first-order valence-corrected chi connectivity index (χ1v) is 10.5. The third-order valence-electron chi connectivity index (χ3n) is 9.07. The zero-order valence-corrected chi connectivity index (χ0v) is 16.1. The fraction of sp³-hybridized carbons (Fsp3) is 0.739. The highest BCUT2D eigenvalue weighted by Crippen LogP contribution is 2.66. The van der Waals surface area contributed by atoms with Crippen LogP contribution in [0.2, 0.25) is 0 Å². The largest absolute Gasteiger partial charge is 0.458 e. The van der Waals surface area contributed by atoms with Gasteiger partial charge in [-0.15, -0.1) is 0 Å². The van der Waals surface area contributed by atoms with Gasteiger partial charge in [0.2, 0.25) is 0 Å². The monoisotopic (exact) mass is 354 g/mol. The Bertz CT molecular complexity index is 732. The number of ketones is 1. The van der Waals surface area contributed by atoms with Crippen LogP contribution in [-0.4, -0.2) is 18.4 Å². The lowest BCUT2D eigenvalue weighted by molar-refractivity contribution is -0.137. The van der Waals surface area contributed by atoms with Gasteiger partial charge in [0.1, 0.15) is 12.4 Å². The first-order chi connectivity index (χ1) is 12.4. The number of rotatable bonds is 1. The average Bonchev–Trinajstić information content (AvgIpc) is 3.18. The van der Waals surface area contributed by atoms with Crippen molar-refractivity contribution in [3.63, 3.8) is 0 Å². The number of carbonyl (C=O) groups is 2. The van der Waals surface area contributed by atoms with E-state index in [2.05, 4.69) is 19.9 Å². The summed E-state index contributed by atoms with van der Waals surface area (Å²) in [6.07, 6.45) is 13.0. The van der Waals surface area contributed by atoms with Crippen molar-refractivity contribution < 1.29 is 14.3 Å². The summed E-state index contributed by atoms with van der Waals surface area (Å²) in [4.78, 5) is 23.6. The molecule has 1 aliphatic heterocycles. The van der Waals surface area contributed by atoms with E-state index in [0.717, 1.165) is 43.1 Å². The van der Waals surface area contributed by atoms with Crippen molar-refractivity contribution in [1.82, 2.24) is 0 Å². The molecule has 3 saturated carbocycles. The lowest BCUT2D eigenvalue weighted by Gasteiger charge is -2.60. The lowest BCUT2D eigenvalue weighted by Crippen LogP contribution is -2.53. The SMILES string of the molecule is C[C@]12CCC(=O)C[C@H]1CC[C@H]1C3CC=C(C4=CC(=O)OC4)[C@@]3(C)CC[C@@H]12. The van der Waals surface area contributed by atoms with Gasteiger partial charge in [-0.2, -0.15) is 0 Å². The van der Waals surface area contributed by atoms with Crippen LogP contribution in [0, 0.1) is 34.5 Å².